The molecule has 4 nitrogen and oxygen atoms in total. The molecule has 1 amide bonds. The molecule has 0 aliphatic heterocycles. The van der Waals surface area contributed by atoms with Gasteiger partial charge in [0, 0.05) is 26.2 Å². The predicted octanol–water partition coefficient (Wildman–Crippen LogP) is 1.55. The number of rotatable bonds is 4. The number of amides is 1. The van der Waals surface area contributed by atoms with E-state index in [2.05, 4.69) is 23.0 Å². The topological polar surface area (TPSA) is 32.8 Å². The van der Waals surface area contributed by atoms with Crippen LogP contribution in [0.1, 0.15) is 13.8 Å². The lowest BCUT2D eigenvalue weighted by Gasteiger charge is -2.23. The van der Waals surface area contributed by atoms with Crippen LogP contribution < -0.4 is 0 Å². The van der Waals surface area contributed by atoms with Crippen LogP contribution in [0.3, 0.4) is 0 Å². The molecule has 0 saturated carbocycles. The number of nitrogens with zero attached hydrogens (tertiary/aromatic N) is 2. The molecule has 0 heterocycles. The van der Waals surface area contributed by atoms with Crippen LogP contribution in [-0.4, -0.2) is 49.1 Å². The Kier molecular flexibility index (Phi) is 5.82. The molecule has 78 valence electrons. The molecule has 0 saturated heterocycles. The number of halogens is 1. The van der Waals surface area contributed by atoms with Crippen molar-refractivity contribution in [3.8, 4) is 0 Å². The molecule has 0 spiro atoms. The molecular weight excluding hydrogens is 192 g/mol. The zero-order chi connectivity index (χ0) is 10.4. The highest BCUT2D eigenvalue weighted by molar-refractivity contribution is 6.12. The normalized spacial score (nSPS) is 10.7. The Morgan fingerprint density at radius 2 is 1.92 bits per heavy atom. The van der Waals surface area contributed by atoms with Crippen LogP contribution in [0.2, 0.25) is 0 Å². The highest BCUT2D eigenvalue weighted by atomic mass is 35.5. The number of likely N-dealkylation sites (N-methyl/N-ethyl adjacent to an activating group) is 2. The number of carbonyl (C=O) groups excluding carboxylic acids is 1. The zero-order valence-electron chi connectivity index (χ0n) is 8.58. The van der Waals surface area contributed by atoms with Gasteiger partial charge in [0.25, 0.3) is 0 Å². The quantitative estimate of drug-likeness (QED) is 0.703. The summed E-state index contributed by atoms with van der Waals surface area (Å²) in [4.78, 5) is 14.4. The van der Waals surface area contributed by atoms with Crippen molar-refractivity contribution >= 4 is 18.0 Å². The summed E-state index contributed by atoms with van der Waals surface area (Å²) >= 11 is 4.92. The van der Waals surface area contributed by atoms with E-state index in [1.807, 2.05) is 7.05 Å². The van der Waals surface area contributed by atoms with Crippen LogP contribution in [0.25, 0.3) is 0 Å². The molecule has 13 heavy (non-hydrogen) atoms. The summed E-state index contributed by atoms with van der Waals surface area (Å²) in [5.41, 5.74) is 0. The summed E-state index contributed by atoms with van der Waals surface area (Å²) in [6.45, 7) is 5.61. The van der Waals surface area contributed by atoms with Crippen molar-refractivity contribution in [3.63, 3.8) is 0 Å². The molecule has 0 aromatic carbocycles. The fourth-order valence-corrected chi connectivity index (χ4v) is 0.834. The second kappa shape index (κ2) is 6.05. The van der Waals surface area contributed by atoms with Crippen LogP contribution in [-0.2, 0) is 4.29 Å². The van der Waals surface area contributed by atoms with E-state index >= 15 is 0 Å². The van der Waals surface area contributed by atoms with Crippen LogP contribution in [0.5, 0.6) is 0 Å². The Bertz CT molecular complexity index is 164. The van der Waals surface area contributed by atoms with E-state index < -0.39 is 6.09 Å². The lowest BCUT2D eigenvalue weighted by molar-refractivity contribution is 0.158. The molecule has 0 fully saturated rings. The third-order valence-electron chi connectivity index (χ3n) is 2.05. The Hall–Kier alpha value is -0.480. The molecule has 0 aliphatic carbocycles. The lowest BCUT2D eigenvalue weighted by Crippen LogP contribution is -2.36. The first-order valence-corrected chi connectivity index (χ1v) is 4.53. The molecule has 5 heteroatoms. The molecule has 0 unspecified atom stereocenters. The van der Waals surface area contributed by atoms with Gasteiger partial charge in [0.15, 0.2) is 0 Å². The van der Waals surface area contributed by atoms with E-state index in [1.165, 1.54) is 4.90 Å². The molecule has 0 radical (unpaired) electrons. The van der Waals surface area contributed by atoms with Gasteiger partial charge in [0.1, 0.15) is 11.9 Å². The van der Waals surface area contributed by atoms with Crippen LogP contribution in [0.4, 0.5) is 4.79 Å². The molecular formula is C8H17ClN2O2. The number of hydrogen-bond donors (Lipinski definition) is 0. The van der Waals surface area contributed by atoms with Crippen molar-refractivity contribution in [1.82, 2.24) is 9.80 Å². The monoisotopic (exact) mass is 208 g/mol. The standard InChI is InChI=1S/C8H17ClN2O2/c1-7(2)10(3)5-6-11(4)8(12)13-9/h7H,5-6H2,1-4H3. The highest BCUT2D eigenvalue weighted by Crippen LogP contribution is 1.96. The fourth-order valence-electron chi connectivity index (χ4n) is 0.716. The van der Waals surface area contributed by atoms with E-state index in [4.69, 9.17) is 11.9 Å². The van der Waals surface area contributed by atoms with Gasteiger partial charge in [-0.25, -0.2) is 4.79 Å². The minimum atomic E-state index is -0.515. The SMILES string of the molecule is CC(C)N(C)CCN(C)C(=O)OCl. The van der Waals surface area contributed by atoms with E-state index in [-0.39, 0.29) is 0 Å². The second-order valence-electron chi connectivity index (χ2n) is 3.34. The third kappa shape index (κ3) is 4.95. The Morgan fingerprint density at radius 1 is 1.38 bits per heavy atom. The average molecular weight is 209 g/mol. The molecule has 0 N–H and O–H groups in total. The van der Waals surface area contributed by atoms with Crippen LogP contribution in [0, 0.1) is 0 Å². The minimum absolute atomic E-state index is 0.473. The molecule has 0 rings (SSSR count). The predicted molar refractivity (Wildman–Crippen MR) is 52.7 cm³/mol. The maximum absolute atomic E-state index is 10.8. The summed E-state index contributed by atoms with van der Waals surface area (Å²) in [5.74, 6) is 0. The van der Waals surface area contributed by atoms with Gasteiger partial charge in [0.2, 0.25) is 0 Å². The smallest absolute Gasteiger partial charge is 0.330 e. The first kappa shape index (κ1) is 12.5. The van der Waals surface area contributed by atoms with Gasteiger partial charge >= 0.3 is 6.09 Å². The highest BCUT2D eigenvalue weighted by Gasteiger charge is 2.10. The molecule has 0 aromatic heterocycles. The lowest BCUT2D eigenvalue weighted by atomic mass is 10.3. The summed E-state index contributed by atoms with van der Waals surface area (Å²) in [6.07, 6.45) is -0.515. The van der Waals surface area contributed by atoms with Gasteiger partial charge in [-0.1, -0.05) is 0 Å². The van der Waals surface area contributed by atoms with E-state index in [0.717, 1.165) is 6.54 Å². The molecule has 0 aromatic rings. The van der Waals surface area contributed by atoms with Crippen molar-refractivity contribution in [2.45, 2.75) is 19.9 Å². The maximum Gasteiger partial charge on any atom is 0.427 e. The minimum Gasteiger partial charge on any atom is -0.330 e. The summed E-state index contributed by atoms with van der Waals surface area (Å²) < 4.78 is 4.05. The molecule has 0 aliphatic rings. The Morgan fingerprint density at radius 3 is 2.31 bits per heavy atom. The van der Waals surface area contributed by atoms with Crippen LogP contribution in [0.15, 0.2) is 0 Å². The van der Waals surface area contributed by atoms with Gasteiger partial charge in [-0.15, -0.1) is 0 Å². The Balaban J connectivity index is 3.69. The van der Waals surface area contributed by atoms with Crippen molar-refractivity contribution in [3.05, 3.63) is 0 Å². The van der Waals surface area contributed by atoms with Gasteiger partial charge in [-0.2, -0.15) is 0 Å². The van der Waals surface area contributed by atoms with Gasteiger partial charge < -0.3 is 14.1 Å². The summed E-state index contributed by atoms with van der Waals surface area (Å²) in [6, 6.07) is 0.473. The first-order chi connectivity index (χ1) is 5.99. The average Bonchev–Trinajstić information content (AvgIpc) is 2.11. The van der Waals surface area contributed by atoms with Gasteiger partial charge in [-0.3, -0.25) is 0 Å². The first-order valence-electron chi connectivity index (χ1n) is 4.23. The van der Waals surface area contributed by atoms with Crippen molar-refractivity contribution in [2.75, 3.05) is 27.2 Å². The van der Waals surface area contributed by atoms with Crippen molar-refractivity contribution in [1.29, 1.82) is 0 Å². The second-order valence-corrected chi connectivity index (χ2v) is 3.49. The van der Waals surface area contributed by atoms with Crippen LogP contribution >= 0.6 is 11.9 Å². The largest absolute Gasteiger partial charge is 0.427 e. The number of hydrogen-bond acceptors (Lipinski definition) is 3. The van der Waals surface area contributed by atoms with E-state index in [0.29, 0.717) is 12.6 Å². The number of carbonyl (C=O) groups is 1. The fraction of sp³-hybridized carbons (Fsp3) is 0.875. The molecule has 0 atom stereocenters. The summed E-state index contributed by atoms with van der Waals surface area (Å²) in [7, 11) is 3.66. The van der Waals surface area contributed by atoms with Crippen molar-refractivity contribution < 1.29 is 9.08 Å². The third-order valence-corrected chi connectivity index (χ3v) is 2.18. The van der Waals surface area contributed by atoms with Crippen molar-refractivity contribution in [2.24, 2.45) is 0 Å². The molecule has 0 bridgehead atoms. The zero-order valence-corrected chi connectivity index (χ0v) is 9.34. The van der Waals surface area contributed by atoms with E-state index in [9.17, 15) is 4.79 Å². The van der Waals surface area contributed by atoms with Gasteiger partial charge in [0.05, 0.1) is 0 Å². The maximum atomic E-state index is 10.8. The van der Waals surface area contributed by atoms with E-state index in [1.54, 1.807) is 7.05 Å². The summed E-state index contributed by atoms with van der Waals surface area (Å²) in [5, 5.41) is 0. The Labute approximate surface area is 84.6 Å². The van der Waals surface area contributed by atoms with Gasteiger partial charge in [-0.05, 0) is 20.9 Å².